The quantitative estimate of drug-likeness (QED) is 0.261. The molecular weight excluding hydrogens is 491 g/mol. The van der Waals surface area contributed by atoms with E-state index in [2.05, 4.69) is 4.98 Å². The largest absolute Gasteiger partial charge is 0.497 e. The standard InChI is InChI=1S/C26H24Cl2N2O5/c1-32-19-7-3-17(4-8-19)14-34-22-13-21-23(26(31)30(12-11-27)16-29-21)24(28)25(22)35-15-18-5-9-20(33-2)10-6-18/h3-10,13,16H,11-12,14-15H2,1-2H3. The number of hydrogen-bond donors (Lipinski definition) is 0. The fraction of sp³-hybridized carbons (Fsp3) is 0.231. The van der Waals surface area contributed by atoms with E-state index >= 15 is 0 Å². The van der Waals surface area contributed by atoms with Gasteiger partial charge in [0.2, 0.25) is 0 Å². The summed E-state index contributed by atoms with van der Waals surface area (Å²) < 4.78 is 24.0. The van der Waals surface area contributed by atoms with E-state index in [1.54, 1.807) is 20.3 Å². The first-order chi connectivity index (χ1) is 17.0. The number of hydrogen-bond acceptors (Lipinski definition) is 6. The van der Waals surface area contributed by atoms with Crippen molar-refractivity contribution >= 4 is 34.1 Å². The summed E-state index contributed by atoms with van der Waals surface area (Å²) in [7, 11) is 3.22. The number of fused-ring (bicyclic) bond motifs is 1. The van der Waals surface area contributed by atoms with Crippen molar-refractivity contribution in [2.24, 2.45) is 0 Å². The molecule has 0 bridgehead atoms. The third-order valence-corrected chi connectivity index (χ3v) is 5.93. The van der Waals surface area contributed by atoms with Gasteiger partial charge in [-0.25, -0.2) is 4.98 Å². The lowest BCUT2D eigenvalue weighted by Gasteiger charge is -2.17. The molecule has 0 aliphatic rings. The SMILES string of the molecule is COc1ccc(COc2cc3ncn(CCCl)c(=O)c3c(Cl)c2OCc2ccc(OC)cc2)cc1. The average Bonchev–Trinajstić information content (AvgIpc) is 2.89. The normalized spacial score (nSPS) is 10.9. The minimum Gasteiger partial charge on any atom is -0.497 e. The number of aryl methyl sites for hydroxylation is 1. The smallest absolute Gasteiger partial charge is 0.262 e. The van der Waals surface area contributed by atoms with E-state index in [1.165, 1.54) is 10.9 Å². The second kappa shape index (κ2) is 11.3. The van der Waals surface area contributed by atoms with Crippen molar-refractivity contribution in [2.45, 2.75) is 19.8 Å². The molecule has 0 fully saturated rings. The molecule has 4 aromatic rings. The lowest BCUT2D eigenvalue weighted by Crippen LogP contribution is -2.21. The molecule has 1 aromatic heterocycles. The van der Waals surface area contributed by atoms with Crippen LogP contribution in [0.15, 0.2) is 65.7 Å². The summed E-state index contributed by atoms with van der Waals surface area (Å²) in [5.74, 6) is 2.42. The number of aromatic nitrogens is 2. The Morgan fingerprint density at radius 3 is 2.00 bits per heavy atom. The molecule has 0 spiro atoms. The summed E-state index contributed by atoms with van der Waals surface area (Å²) in [5, 5.41) is 0.392. The Balaban J connectivity index is 1.69. The molecule has 1 heterocycles. The fourth-order valence-electron chi connectivity index (χ4n) is 3.48. The van der Waals surface area contributed by atoms with Crippen LogP contribution in [0, 0.1) is 0 Å². The number of rotatable bonds is 10. The Hall–Kier alpha value is -3.42. The van der Waals surface area contributed by atoms with E-state index < -0.39 is 0 Å². The number of nitrogens with zero attached hydrogens (tertiary/aromatic N) is 2. The predicted molar refractivity (Wildman–Crippen MR) is 136 cm³/mol. The number of benzene rings is 3. The van der Waals surface area contributed by atoms with Gasteiger partial charge in [0.05, 0.1) is 31.4 Å². The highest BCUT2D eigenvalue weighted by Gasteiger charge is 2.19. The maximum Gasteiger partial charge on any atom is 0.262 e. The summed E-state index contributed by atoms with van der Waals surface area (Å²) in [4.78, 5) is 17.4. The zero-order valence-corrected chi connectivity index (χ0v) is 20.8. The highest BCUT2D eigenvalue weighted by Crippen LogP contribution is 2.40. The minimum absolute atomic E-state index is 0.141. The molecule has 9 heteroatoms. The molecule has 0 aliphatic carbocycles. The van der Waals surface area contributed by atoms with Gasteiger partial charge in [0.1, 0.15) is 29.7 Å². The van der Waals surface area contributed by atoms with Gasteiger partial charge in [0.25, 0.3) is 5.56 Å². The van der Waals surface area contributed by atoms with Crippen LogP contribution in [0.4, 0.5) is 0 Å². The van der Waals surface area contributed by atoms with Crippen molar-refractivity contribution in [2.75, 3.05) is 20.1 Å². The van der Waals surface area contributed by atoms with Gasteiger partial charge < -0.3 is 18.9 Å². The maximum absolute atomic E-state index is 13.0. The summed E-state index contributed by atoms with van der Waals surface area (Å²) in [5.41, 5.74) is 1.94. The summed E-state index contributed by atoms with van der Waals surface area (Å²) in [6.07, 6.45) is 1.45. The Bertz CT molecular complexity index is 1360. The van der Waals surface area contributed by atoms with Crippen LogP contribution in [-0.4, -0.2) is 29.7 Å². The number of alkyl halides is 1. The molecule has 3 aromatic carbocycles. The zero-order chi connectivity index (χ0) is 24.8. The minimum atomic E-state index is -0.295. The molecule has 0 radical (unpaired) electrons. The van der Waals surface area contributed by atoms with Gasteiger partial charge in [-0.2, -0.15) is 0 Å². The van der Waals surface area contributed by atoms with Crippen molar-refractivity contribution in [3.8, 4) is 23.0 Å². The van der Waals surface area contributed by atoms with Crippen LogP contribution in [0.1, 0.15) is 11.1 Å². The Labute approximate surface area is 212 Å². The van der Waals surface area contributed by atoms with Crippen LogP contribution < -0.4 is 24.5 Å². The molecule has 0 saturated carbocycles. The van der Waals surface area contributed by atoms with Crippen LogP contribution in [0.5, 0.6) is 23.0 Å². The Kier molecular flexibility index (Phi) is 8.00. The number of halogens is 2. The third-order valence-electron chi connectivity index (χ3n) is 5.40. The van der Waals surface area contributed by atoms with Crippen molar-refractivity contribution in [1.82, 2.24) is 9.55 Å². The second-order valence-corrected chi connectivity index (χ2v) is 8.37. The van der Waals surface area contributed by atoms with Crippen molar-refractivity contribution in [3.05, 3.63) is 87.4 Å². The van der Waals surface area contributed by atoms with Gasteiger partial charge in [-0.15, -0.1) is 11.6 Å². The van der Waals surface area contributed by atoms with Crippen molar-refractivity contribution in [3.63, 3.8) is 0 Å². The molecule has 0 unspecified atom stereocenters. The third kappa shape index (κ3) is 5.63. The highest BCUT2D eigenvalue weighted by molar-refractivity contribution is 6.37. The molecule has 182 valence electrons. The molecular formula is C26H24Cl2N2O5. The molecule has 7 nitrogen and oxygen atoms in total. The van der Waals surface area contributed by atoms with E-state index in [1.807, 2.05) is 48.5 Å². The van der Waals surface area contributed by atoms with Gasteiger partial charge in [-0.3, -0.25) is 9.36 Å². The summed E-state index contributed by atoms with van der Waals surface area (Å²) in [6, 6.07) is 16.7. The number of ether oxygens (including phenoxy) is 4. The van der Waals surface area contributed by atoms with Crippen molar-refractivity contribution < 1.29 is 18.9 Å². The van der Waals surface area contributed by atoms with E-state index in [9.17, 15) is 4.79 Å². The van der Waals surface area contributed by atoms with Gasteiger partial charge in [-0.1, -0.05) is 35.9 Å². The Morgan fingerprint density at radius 2 is 1.46 bits per heavy atom. The average molecular weight is 515 g/mol. The fourth-order valence-corrected chi connectivity index (χ4v) is 3.99. The van der Waals surface area contributed by atoms with E-state index in [0.717, 1.165) is 22.6 Å². The first-order valence-electron chi connectivity index (χ1n) is 10.8. The molecule has 0 N–H and O–H groups in total. The summed E-state index contributed by atoms with van der Waals surface area (Å²) >= 11 is 12.6. The molecule has 4 rings (SSSR count). The van der Waals surface area contributed by atoms with Crippen LogP contribution in [-0.2, 0) is 19.8 Å². The maximum atomic E-state index is 13.0. The predicted octanol–water partition coefficient (Wildman–Crippen LogP) is 5.46. The first-order valence-corrected chi connectivity index (χ1v) is 11.7. The molecule has 35 heavy (non-hydrogen) atoms. The lowest BCUT2D eigenvalue weighted by molar-refractivity contribution is 0.256. The van der Waals surface area contributed by atoms with Gasteiger partial charge in [-0.05, 0) is 35.4 Å². The zero-order valence-electron chi connectivity index (χ0n) is 19.3. The van der Waals surface area contributed by atoms with Gasteiger partial charge in [0, 0.05) is 18.5 Å². The Morgan fingerprint density at radius 1 is 0.886 bits per heavy atom. The van der Waals surface area contributed by atoms with Gasteiger partial charge >= 0.3 is 0 Å². The van der Waals surface area contributed by atoms with E-state index in [0.29, 0.717) is 17.8 Å². The highest BCUT2D eigenvalue weighted by atomic mass is 35.5. The van der Waals surface area contributed by atoms with E-state index in [-0.39, 0.29) is 40.8 Å². The summed E-state index contributed by atoms with van der Waals surface area (Å²) in [6.45, 7) is 0.787. The van der Waals surface area contributed by atoms with Crippen LogP contribution in [0.25, 0.3) is 10.9 Å². The van der Waals surface area contributed by atoms with E-state index in [4.69, 9.17) is 42.1 Å². The second-order valence-electron chi connectivity index (χ2n) is 7.62. The van der Waals surface area contributed by atoms with Crippen LogP contribution >= 0.6 is 23.2 Å². The van der Waals surface area contributed by atoms with Gasteiger partial charge in [0.15, 0.2) is 11.5 Å². The van der Waals surface area contributed by atoms with Crippen LogP contribution in [0.3, 0.4) is 0 Å². The monoisotopic (exact) mass is 514 g/mol. The molecule has 0 saturated heterocycles. The topological polar surface area (TPSA) is 71.8 Å². The molecule has 0 atom stereocenters. The van der Waals surface area contributed by atoms with Crippen LogP contribution in [0.2, 0.25) is 5.02 Å². The lowest BCUT2D eigenvalue weighted by atomic mass is 10.2. The molecule has 0 aliphatic heterocycles. The number of methoxy groups -OCH3 is 2. The van der Waals surface area contributed by atoms with Crippen molar-refractivity contribution in [1.29, 1.82) is 0 Å². The first kappa shape index (κ1) is 24.7. The molecule has 0 amide bonds.